The van der Waals surface area contributed by atoms with Gasteiger partial charge in [-0.2, -0.15) is 8.78 Å². The van der Waals surface area contributed by atoms with Crippen molar-refractivity contribution in [2.45, 2.75) is 12.8 Å². The molecule has 0 aliphatic carbocycles. The Labute approximate surface area is 90.2 Å². The topological polar surface area (TPSA) is 55.1 Å². The second-order valence-corrected chi connectivity index (χ2v) is 3.42. The number of hydrogen-bond acceptors (Lipinski definition) is 2. The Hall–Kier alpha value is -1.20. The third kappa shape index (κ3) is 2.24. The van der Waals surface area contributed by atoms with Crippen LogP contribution in [-0.2, 0) is 10.7 Å². The highest BCUT2D eigenvalue weighted by Crippen LogP contribution is 2.30. The number of nitrogens with one attached hydrogen (secondary N) is 1. The van der Waals surface area contributed by atoms with Crippen molar-refractivity contribution in [3.05, 3.63) is 34.3 Å². The fourth-order valence-electron chi connectivity index (χ4n) is 1.06. The largest absolute Gasteiger partial charge is 0.351 e. The molecule has 3 nitrogen and oxygen atoms in total. The van der Waals surface area contributed by atoms with Crippen LogP contribution in [0, 0.1) is 6.92 Å². The minimum atomic E-state index is -3.65. The fraction of sp³-hybridized carbons (Fsp3) is 0.222. The molecule has 0 fully saturated rings. The molecule has 0 bridgehead atoms. The van der Waals surface area contributed by atoms with Crippen LogP contribution in [0.25, 0.3) is 0 Å². The van der Waals surface area contributed by atoms with Gasteiger partial charge in [0.25, 0.3) is 0 Å². The molecule has 0 saturated heterocycles. The van der Waals surface area contributed by atoms with Gasteiger partial charge in [0.2, 0.25) is 0 Å². The average Bonchev–Trinajstić information content (AvgIpc) is 2.20. The number of nitrogens with two attached hydrogens (primary N) is 1. The fourth-order valence-corrected chi connectivity index (χ4v) is 1.18. The summed E-state index contributed by atoms with van der Waals surface area (Å²) in [6, 6.07) is 3.55. The zero-order valence-electron chi connectivity index (χ0n) is 7.85. The van der Waals surface area contributed by atoms with Crippen molar-refractivity contribution in [2.75, 3.05) is 0 Å². The van der Waals surface area contributed by atoms with Crippen LogP contribution in [0.4, 0.5) is 8.78 Å². The maximum absolute atomic E-state index is 13.3. The molecule has 15 heavy (non-hydrogen) atoms. The van der Waals surface area contributed by atoms with Gasteiger partial charge in [-0.25, -0.2) is 5.84 Å². The third-order valence-electron chi connectivity index (χ3n) is 1.94. The first-order valence-electron chi connectivity index (χ1n) is 4.05. The molecule has 0 atom stereocenters. The predicted molar refractivity (Wildman–Crippen MR) is 52.4 cm³/mol. The first-order chi connectivity index (χ1) is 6.89. The number of hydrazine groups is 1. The molecule has 1 amide bonds. The predicted octanol–water partition coefficient (Wildman–Crippen LogP) is 1.73. The number of benzene rings is 1. The molecule has 0 aliphatic heterocycles. The molecule has 82 valence electrons. The molecule has 0 unspecified atom stereocenters. The molecule has 0 aromatic heterocycles. The van der Waals surface area contributed by atoms with Crippen molar-refractivity contribution in [3.63, 3.8) is 0 Å². The summed E-state index contributed by atoms with van der Waals surface area (Å²) in [6.07, 6.45) is 0. The quantitative estimate of drug-likeness (QED) is 0.465. The van der Waals surface area contributed by atoms with Gasteiger partial charge in [-0.05, 0) is 24.6 Å². The monoisotopic (exact) mass is 234 g/mol. The van der Waals surface area contributed by atoms with Gasteiger partial charge < -0.3 is 0 Å². The number of amides is 1. The van der Waals surface area contributed by atoms with Gasteiger partial charge in [-0.15, -0.1) is 0 Å². The van der Waals surface area contributed by atoms with E-state index in [-0.39, 0.29) is 0 Å². The van der Waals surface area contributed by atoms with E-state index in [4.69, 9.17) is 11.6 Å². The maximum atomic E-state index is 13.3. The molecule has 0 saturated carbocycles. The Morgan fingerprint density at radius 2 is 2.13 bits per heavy atom. The molecular weight excluding hydrogens is 226 g/mol. The number of rotatable bonds is 2. The van der Waals surface area contributed by atoms with Gasteiger partial charge in [-0.1, -0.05) is 17.7 Å². The van der Waals surface area contributed by atoms with E-state index in [1.54, 1.807) is 6.92 Å². The van der Waals surface area contributed by atoms with Crippen molar-refractivity contribution in [1.29, 1.82) is 0 Å². The molecule has 1 rings (SSSR count). The van der Waals surface area contributed by atoms with Gasteiger partial charge in [0, 0.05) is 10.6 Å². The molecule has 0 heterocycles. The van der Waals surface area contributed by atoms with E-state index in [0.717, 1.165) is 12.1 Å². The Bertz CT molecular complexity index is 396. The SMILES string of the molecule is Cc1cc(C(F)(F)C(=O)NN)ccc1Cl. The molecule has 1 aromatic rings. The second kappa shape index (κ2) is 4.12. The molecule has 0 radical (unpaired) electrons. The normalized spacial score (nSPS) is 11.3. The van der Waals surface area contributed by atoms with Gasteiger partial charge in [0.15, 0.2) is 0 Å². The van der Waals surface area contributed by atoms with Crippen molar-refractivity contribution in [3.8, 4) is 0 Å². The van der Waals surface area contributed by atoms with Gasteiger partial charge >= 0.3 is 11.8 Å². The number of carbonyl (C=O) groups is 1. The molecular formula is C9H9ClF2N2O. The van der Waals surface area contributed by atoms with Crippen LogP contribution >= 0.6 is 11.6 Å². The number of hydrogen-bond donors (Lipinski definition) is 2. The highest BCUT2D eigenvalue weighted by Gasteiger charge is 2.40. The van der Waals surface area contributed by atoms with Crippen molar-refractivity contribution in [1.82, 2.24) is 5.43 Å². The van der Waals surface area contributed by atoms with E-state index in [2.05, 4.69) is 5.84 Å². The van der Waals surface area contributed by atoms with Crippen molar-refractivity contribution in [2.24, 2.45) is 5.84 Å². The molecule has 1 aromatic carbocycles. The first-order valence-corrected chi connectivity index (χ1v) is 4.43. The van der Waals surface area contributed by atoms with Crippen LogP contribution < -0.4 is 11.3 Å². The lowest BCUT2D eigenvalue weighted by atomic mass is 10.1. The zero-order valence-corrected chi connectivity index (χ0v) is 8.61. The van der Waals surface area contributed by atoms with E-state index in [1.165, 1.54) is 11.5 Å². The molecule has 0 spiro atoms. The van der Waals surface area contributed by atoms with E-state index < -0.39 is 17.4 Å². The van der Waals surface area contributed by atoms with E-state index in [1.807, 2.05) is 0 Å². The highest BCUT2D eigenvalue weighted by molar-refractivity contribution is 6.31. The molecule has 3 N–H and O–H groups in total. The van der Waals surface area contributed by atoms with Crippen LogP contribution in [0.3, 0.4) is 0 Å². The average molecular weight is 235 g/mol. The van der Waals surface area contributed by atoms with Crippen LogP contribution in [0.1, 0.15) is 11.1 Å². The Morgan fingerprint density at radius 3 is 2.60 bits per heavy atom. The number of carbonyl (C=O) groups excluding carboxylic acids is 1. The minimum Gasteiger partial charge on any atom is -0.289 e. The highest BCUT2D eigenvalue weighted by atomic mass is 35.5. The van der Waals surface area contributed by atoms with E-state index in [9.17, 15) is 13.6 Å². The lowest BCUT2D eigenvalue weighted by Crippen LogP contribution is -2.42. The van der Waals surface area contributed by atoms with Crippen molar-refractivity contribution < 1.29 is 13.6 Å². The lowest BCUT2D eigenvalue weighted by Gasteiger charge is -2.15. The zero-order chi connectivity index (χ0) is 11.6. The lowest BCUT2D eigenvalue weighted by molar-refractivity contribution is -0.147. The molecule has 0 aliphatic rings. The summed E-state index contributed by atoms with van der Waals surface area (Å²) in [5.41, 5.74) is 1.45. The summed E-state index contributed by atoms with van der Waals surface area (Å²) in [7, 11) is 0. The summed E-state index contributed by atoms with van der Waals surface area (Å²) in [5, 5.41) is 0.364. The third-order valence-corrected chi connectivity index (χ3v) is 2.36. The summed E-state index contributed by atoms with van der Waals surface area (Å²) in [4.78, 5) is 10.8. The van der Waals surface area contributed by atoms with Gasteiger partial charge in [0.05, 0.1) is 0 Å². The minimum absolute atomic E-state index is 0.364. The van der Waals surface area contributed by atoms with Crippen LogP contribution in [0.5, 0.6) is 0 Å². The smallest absolute Gasteiger partial charge is 0.289 e. The standard InChI is InChI=1S/C9H9ClF2N2O/c1-5-4-6(2-3-7(5)10)9(11,12)8(15)14-13/h2-4H,13H2,1H3,(H,14,15). The summed E-state index contributed by atoms with van der Waals surface area (Å²) in [5.74, 6) is -0.543. The summed E-state index contributed by atoms with van der Waals surface area (Å²) in [6.45, 7) is 1.57. The second-order valence-electron chi connectivity index (χ2n) is 3.01. The van der Waals surface area contributed by atoms with Gasteiger partial charge in [0.1, 0.15) is 0 Å². The van der Waals surface area contributed by atoms with Crippen LogP contribution in [0.2, 0.25) is 5.02 Å². The Kier molecular flexibility index (Phi) is 3.26. The van der Waals surface area contributed by atoms with E-state index >= 15 is 0 Å². The molecule has 6 heteroatoms. The Balaban J connectivity index is 3.16. The number of halogens is 3. The maximum Gasteiger partial charge on any atom is 0.351 e. The number of aryl methyl sites for hydroxylation is 1. The van der Waals surface area contributed by atoms with Crippen LogP contribution in [-0.4, -0.2) is 5.91 Å². The summed E-state index contributed by atoms with van der Waals surface area (Å²) < 4.78 is 26.7. The van der Waals surface area contributed by atoms with E-state index in [0.29, 0.717) is 10.6 Å². The Morgan fingerprint density at radius 1 is 1.53 bits per heavy atom. The number of alkyl halides is 2. The summed E-state index contributed by atoms with van der Waals surface area (Å²) >= 11 is 5.67. The van der Waals surface area contributed by atoms with Crippen LogP contribution in [0.15, 0.2) is 18.2 Å². The van der Waals surface area contributed by atoms with Gasteiger partial charge in [-0.3, -0.25) is 10.2 Å². The first kappa shape index (κ1) is 11.9. The van der Waals surface area contributed by atoms with Crippen molar-refractivity contribution >= 4 is 17.5 Å².